The standard InChI is InChI=1S/C13H14N6/c1-8-2-4-9(5-3-8)6-15-11-10-7-16-19-12(10)18-13(14)17-11/h2-5,7H,6H2,1H3,(H4,14,15,16,17,18,19). The summed E-state index contributed by atoms with van der Waals surface area (Å²) in [5.74, 6) is 0.917. The lowest BCUT2D eigenvalue weighted by Crippen LogP contribution is -2.05. The van der Waals surface area contributed by atoms with Gasteiger partial charge in [-0.3, -0.25) is 5.10 Å². The molecule has 3 rings (SSSR count). The van der Waals surface area contributed by atoms with Crippen molar-refractivity contribution in [1.29, 1.82) is 0 Å². The number of nitrogen functional groups attached to an aromatic ring is 1. The average molecular weight is 254 g/mol. The summed E-state index contributed by atoms with van der Waals surface area (Å²) in [6.45, 7) is 2.74. The maximum atomic E-state index is 5.66. The van der Waals surface area contributed by atoms with Crippen LogP contribution in [0.15, 0.2) is 30.5 Å². The molecule has 6 heteroatoms. The van der Waals surface area contributed by atoms with Crippen LogP contribution in [0, 0.1) is 6.92 Å². The number of H-pyrrole nitrogens is 1. The number of aromatic nitrogens is 4. The van der Waals surface area contributed by atoms with Gasteiger partial charge >= 0.3 is 0 Å². The first kappa shape index (κ1) is 11.5. The normalized spacial score (nSPS) is 10.8. The first-order valence-corrected chi connectivity index (χ1v) is 5.98. The van der Waals surface area contributed by atoms with Crippen molar-refractivity contribution in [3.05, 3.63) is 41.6 Å². The van der Waals surface area contributed by atoms with Crippen LogP contribution in [0.5, 0.6) is 0 Å². The zero-order valence-electron chi connectivity index (χ0n) is 10.5. The molecular weight excluding hydrogens is 240 g/mol. The Morgan fingerprint density at radius 2 is 2.00 bits per heavy atom. The van der Waals surface area contributed by atoms with Crippen LogP contribution >= 0.6 is 0 Å². The first-order chi connectivity index (χ1) is 9.22. The van der Waals surface area contributed by atoms with Gasteiger partial charge in [-0.15, -0.1) is 0 Å². The molecule has 0 spiro atoms. The summed E-state index contributed by atoms with van der Waals surface area (Å²) in [6, 6.07) is 8.33. The molecule has 1 aromatic carbocycles. The summed E-state index contributed by atoms with van der Waals surface area (Å²) < 4.78 is 0. The minimum Gasteiger partial charge on any atom is -0.368 e. The Morgan fingerprint density at radius 3 is 2.79 bits per heavy atom. The van der Waals surface area contributed by atoms with Crippen molar-refractivity contribution in [3.63, 3.8) is 0 Å². The SMILES string of the molecule is Cc1ccc(CNc2nc(N)nc3[nH]ncc23)cc1. The molecule has 0 aliphatic carbocycles. The van der Waals surface area contributed by atoms with Crippen LogP contribution in [-0.4, -0.2) is 20.2 Å². The Morgan fingerprint density at radius 1 is 1.21 bits per heavy atom. The maximum Gasteiger partial charge on any atom is 0.224 e. The quantitative estimate of drug-likeness (QED) is 0.663. The molecule has 0 atom stereocenters. The average Bonchev–Trinajstić information content (AvgIpc) is 2.85. The van der Waals surface area contributed by atoms with Crippen molar-refractivity contribution in [2.24, 2.45) is 0 Å². The van der Waals surface area contributed by atoms with Crippen molar-refractivity contribution in [2.45, 2.75) is 13.5 Å². The summed E-state index contributed by atoms with van der Waals surface area (Å²) in [6.07, 6.45) is 1.69. The first-order valence-electron chi connectivity index (χ1n) is 5.98. The Bertz CT molecular complexity index is 701. The molecule has 0 saturated carbocycles. The summed E-state index contributed by atoms with van der Waals surface area (Å²) >= 11 is 0. The van der Waals surface area contributed by atoms with Crippen LogP contribution in [0.25, 0.3) is 11.0 Å². The predicted molar refractivity (Wildman–Crippen MR) is 74.6 cm³/mol. The summed E-state index contributed by atoms with van der Waals surface area (Å²) in [5.41, 5.74) is 8.72. The molecule has 0 amide bonds. The van der Waals surface area contributed by atoms with Crippen molar-refractivity contribution >= 4 is 22.8 Å². The summed E-state index contributed by atoms with van der Waals surface area (Å²) in [5, 5.41) is 10.8. The largest absolute Gasteiger partial charge is 0.368 e. The van der Waals surface area contributed by atoms with Gasteiger partial charge in [0.15, 0.2) is 5.65 Å². The number of benzene rings is 1. The molecule has 0 radical (unpaired) electrons. The highest BCUT2D eigenvalue weighted by Gasteiger charge is 2.07. The van der Waals surface area contributed by atoms with Crippen LogP contribution in [0.2, 0.25) is 0 Å². The number of hydrogen-bond acceptors (Lipinski definition) is 5. The van der Waals surface area contributed by atoms with Crippen LogP contribution in [0.1, 0.15) is 11.1 Å². The molecule has 19 heavy (non-hydrogen) atoms. The van der Waals surface area contributed by atoms with E-state index in [2.05, 4.69) is 56.7 Å². The van der Waals surface area contributed by atoms with E-state index in [1.807, 2.05) is 0 Å². The summed E-state index contributed by atoms with van der Waals surface area (Å²) in [4.78, 5) is 8.27. The zero-order chi connectivity index (χ0) is 13.2. The third-order valence-electron chi connectivity index (χ3n) is 2.91. The van der Waals surface area contributed by atoms with E-state index in [1.165, 1.54) is 11.1 Å². The highest BCUT2D eigenvalue weighted by Crippen LogP contribution is 2.19. The molecule has 3 aromatic rings. The molecule has 0 saturated heterocycles. The fourth-order valence-corrected chi connectivity index (χ4v) is 1.88. The Labute approximate surface area is 110 Å². The number of nitrogens with one attached hydrogen (secondary N) is 2. The van der Waals surface area contributed by atoms with Gasteiger partial charge in [0.2, 0.25) is 5.95 Å². The van der Waals surface area contributed by atoms with E-state index in [9.17, 15) is 0 Å². The van der Waals surface area contributed by atoms with Gasteiger partial charge in [0.05, 0.1) is 11.6 Å². The molecule has 2 aromatic heterocycles. The molecule has 2 heterocycles. The molecule has 0 bridgehead atoms. The molecule has 96 valence electrons. The number of hydrogen-bond donors (Lipinski definition) is 3. The fraction of sp³-hybridized carbons (Fsp3) is 0.154. The van der Waals surface area contributed by atoms with Gasteiger partial charge in [-0.05, 0) is 12.5 Å². The number of nitrogens with two attached hydrogens (primary N) is 1. The number of rotatable bonds is 3. The van der Waals surface area contributed by atoms with Crippen LogP contribution < -0.4 is 11.1 Å². The zero-order valence-corrected chi connectivity index (χ0v) is 10.5. The van der Waals surface area contributed by atoms with Crippen molar-refractivity contribution < 1.29 is 0 Å². The van der Waals surface area contributed by atoms with Crippen LogP contribution in [0.4, 0.5) is 11.8 Å². The second kappa shape index (κ2) is 4.56. The van der Waals surface area contributed by atoms with Crippen molar-refractivity contribution in [2.75, 3.05) is 11.1 Å². The topological polar surface area (TPSA) is 92.5 Å². The van der Waals surface area contributed by atoms with Gasteiger partial charge < -0.3 is 11.1 Å². The third kappa shape index (κ3) is 2.33. The lowest BCUT2D eigenvalue weighted by molar-refractivity contribution is 1.08. The Hall–Kier alpha value is -2.63. The second-order valence-corrected chi connectivity index (χ2v) is 4.40. The highest BCUT2D eigenvalue weighted by atomic mass is 15.2. The van der Waals surface area contributed by atoms with Crippen molar-refractivity contribution in [1.82, 2.24) is 20.2 Å². The van der Waals surface area contributed by atoms with E-state index in [0.717, 1.165) is 5.39 Å². The van der Waals surface area contributed by atoms with E-state index in [4.69, 9.17) is 5.73 Å². The Kier molecular flexibility index (Phi) is 2.75. The van der Waals surface area contributed by atoms with E-state index in [0.29, 0.717) is 18.0 Å². The number of aryl methyl sites for hydroxylation is 1. The highest BCUT2D eigenvalue weighted by molar-refractivity contribution is 5.86. The third-order valence-corrected chi connectivity index (χ3v) is 2.91. The maximum absolute atomic E-state index is 5.66. The monoisotopic (exact) mass is 254 g/mol. The summed E-state index contributed by atoms with van der Waals surface area (Å²) in [7, 11) is 0. The van der Waals surface area contributed by atoms with E-state index < -0.39 is 0 Å². The minimum absolute atomic E-state index is 0.225. The van der Waals surface area contributed by atoms with E-state index in [-0.39, 0.29) is 5.95 Å². The lowest BCUT2D eigenvalue weighted by atomic mass is 10.1. The van der Waals surface area contributed by atoms with Gasteiger partial charge in [0, 0.05) is 6.54 Å². The number of nitrogens with zero attached hydrogens (tertiary/aromatic N) is 3. The van der Waals surface area contributed by atoms with Gasteiger partial charge in [-0.1, -0.05) is 29.8 Å². The minimum atomic E-state index is 0.225. The number of anilines is 2. The predicted octanol–water partition coefficient (Wildman–Crippen LogP) is 1.86. The smallest absolute Gasteiger partial charge is 0.224 e. The van der Waals surface area contributed by atoms with Crippen LogP contribution in [0.3, 0.4) is 0 Å². The number of aromatic amines is 1. The van der Waals surface area contributed by atoms with Gasteiger partial charge in [-0.25, -0.2) is 0 Å². The van der Waals surface area contributed by atoms with Gasteiger partial charge in [-0.2, -0.15) is 15.1 Å². The van der Waals surface area contributed by atoms with E-state index >= 15 is 0 Å². The Balaban J connectivity index is 1.85. The van der Waals surface area contributed by atoms with Gasteiger partial charge in [0.1, 0.15) is 5.82 Å². The van der Waals surface area contributed by atoms with Crippen LogP contribution in [-0.2, 0) is 6.54 Å². The molecule has 0 aliphatic rings. The molecule has 6 nitrogen and oxygen atoms in total. The van der Waals surface area contributed by atoms with E-state index in [1.54, 1.807) is 6.20 Å². The molecule has 0 unspecified atom stereocenters. The molecule has 4 N–H and O–H groups in total. The number of fused-ring (bicyclic) bond motifs is 1. The second-order valence-electron chi connectivity index (χ2n) is 4.40. The van der Waals surface area contributed by atoms with Crippen molar-refractivity contribution in [3.8, 4) is 0 Å². The lowest BCUT2D eigenvalue weighted by Gasteiger charge is -2.07. The van der Waals surface area contributed by atoms with Gasteiger partial charge in [0.25, 0.3) is 0 Å². The molecular formula is C13H14N6. The molecule has 0 fully saturated rings. The fourth-order valence-electron chi connectivity index (χ4n) is 1.88. The molecule has 0 aliphatic heterocycles.